The summed E-state index contributed by atoms with van der Waals surface area (Å²) in [5, 5.41) is 3.82. The molecule has 0 radical (unpaired) electrons. The SMILES string of the molecule is CCC1CCCC(Nc2ccccc2C(C)C)CC1. The van der Waals surface area contributed by atoms with Crippen LogP contribution in [0.2, 0.25) is 0 Å². The molecule has 1 heteroatoms. The molecular weight excluding hydrogens is 230 g/mol. The Morgan fingerprint density at radius 3 is 2.63 bits per heavy atom. The van der Waals surface area contributed by atoms with Crippen molar-refractivity contribution in [1.29, 1.82) is 0 Å². The van der Waals surface area contributed by atoms with Gasteiger partial charge in [0.2, 0.25) is 0 Å². The lowest BCUT2D eigenvalue weighted by Crippen LogP contribution is -2.19. The Kier molecular flexibility index (Phi) is 5.30. The molecule has 2 unspecified atom stereocenters. The summed E-state index contributed by atoms with van der Waals surface area (Å²) in [6, 6.07) is 9.49. The number of hydrogen-bond donors (Lipinski definition) is 1. The van der Waals surface area contributed by atoms with E-state index in [1.54, 1.807) is 0 Å². The van der Waals surface area contributed by atoms with Crippen molar-refractivity contribution in [2.24, 2.45) is 5.92 Å². The van der Waals surface area contributed by atoms with Crippen LogP contribution in [-0.2, 0) is 0 Å². The van der Waals surface area contributed by atoms with Crippen LogP contribution in [0.25, 0.3) is 0 Å². The fraction of sp³-hybridized carbons (Fsp3) is 0.667. The molecule has 0 heterocycles. The first kappa shape index (κ1) is 14.4. The lowest BCUT2D eigenvalue weighted by molar-refractivity contribution is 0.444. The van der Waals surface area contributed by atoms with E-state index in [1.807, 2.05) is 0 Å². The zero-order chi connectivity index (χ0) is 13.7. The molecule has 0 saturated heterocycles. The average Bonchev–Trinajstić information content (AvgIpc) is 2.64. The van der Waals surface area contributed by atoms with E-state index in [1.165, 1.54) is 49.8 Å². The van der Waals surface area contributed by atoms with Gasteiger partial charge in [0.25, 0.3) is 0 Å². The van der Waals surface area contributed by atoms with Gasteiger partial charge in [-0.3, -0.25) is 0 Å². The predicted molar refractivity (Wildman–Crippen MR) is 84.8 cm³/mol. The molecule has 0 aromatic heterocycles. The van der Waals surface area contributed by atoms with E-state index in [0.717, 1.165) is 5.92 Å². The van der Waals surface area contributed by atoms with Crippen molar-refractivity contribution in [3.8, 4) is 0 Å². The highest BCUT2D eigenvalue weighted by atomic mass is 14.9. The molecule has 1 aromatic rings. The Morgan fingerprint density at radius 1 is 1.11 bits per heavy atom. The van der Waals surface area contributed by atoms with Gasteiger partial charge in [0.1, 0.15) is 0 Å². The summed E-state index contributed by atoms with van der Waals surface area (Å²) in [5.41, 5.74) is 2.82. The van der Waals surface area contributed by atoms with Crippen LogP contribution in [0.3, 0.4) is 0 Å². The summed E-state index contributed by atoms with van der Waals surface area (Å²) < 4.78 is 0. The number of anilines is 1. The largest absolute Gasteiger partial charge is 0.382 e. The first-order chi connectivity index (χ1) is 9.20. The topological polar surface area (TPSA) is 12.0 Å². The van der Waals surface area contributed by atoms with Crippen molar-refractivity contribution >= 4 is 5.69 Å². The van der Waals surface area contributed by atoms with E-state index >= 15 is 0 Å². The number of benzene rings is 1. The summed E-state index contributed by atoms with van der Waals surface area (Å²) in [5.74, 6) is 1.56. The lowest BCUT2D eigenvalue weighted by atomic mass is 9.97. The molecule has 0 aliphatic heterocycles. The molecule has 1 N–H and O–H groups in total. The lowest BCUT2D eigenvalue weighted by Gasteiger charge is -2.21. The standard InChI is InChI=1S/C18H29N/c1-4-15-8-7-9-16(13-12-15)19-18-11-6-5-10-17(18)14(2)3/h5-6,10-11,14-16,19H,4,7-9,12-13H2,1-3H3. The fourth-order valence-corrected chi connectivity index (χ4v) is 3.28. The Labute approximate surface area is 118 Å². The number of nitrogens with one attached hydrogen (secondary N) is 1. The molecule has 1 fully saturated rings. The molecule has 1 saturated carbocycles. The van der Waals surface area contributed by atoms with Gasteiger partial charge in [-0.1, -0.05) is 58.2 Å². The highest BCUT2D eigenvalue weighted by molar-refractivity contribution is 5.53. The maximum absolute atomic E-state index is 3.82. The van der Waals surface area contributed by atoms with Crippen LogP contribution in [-0.4, -0.2) is 6.04 Å². The second-order valence-corrected chi connectivity index (χ2v) is 6.37. The van der Waals surface area contributed by atoms with E-state index in [9.17, 15) is 0 Å². The van der Waals surface area contributed by atoms with Gasteiger partial charge in [-0.05, 0) is 42.7 Å². The Morgan fingerprint density at radius 2 is 1.89 bits per heavy atom. The quantitative estimate of drug-likeness (QED) is 0.696. The summed E-state index contributed by atoms with van der Waals surface area (Å²) in [7, 11) is 0. The molecule has 19 heavy (non-hydrogen) atoms. The van der Waals surface area contributed by atoms with Gasteiger partial charge in [0.05, 0.1) is 0 Å². The van der Waals surface area contributed by atoms with Gasteiger partial charge < -0.3 is 5.32 Å². The number of hydrogen-bond acceptors (Lipinski definition) is 1. The second kappa shape index (κ2) is 6.98. The normalized spacial score (nSPS) is 24.2. The summed E-state index contributed by atoms with van der Waals surface area (Å²) >= 11 is 0. The summed E-state index contributed by atoms with van der Waals surface area (Å²) in [6.45, 7) is 6.90. The molecule has 2 atom stereocenters. The molecule has 0 bridgehead atoms. The Bertz CT molecular complexity index is 383. The maximum atomic E-state index is 3.82. The van der Waals surface area contributed by atoms with Crippen LogP contribution in [0.5, 0.6) is 0 Å². The third kappa shape index (κ3) is 3.99. The van der Waals surface area contributed by atoms with Crippen LogP contribution in [0.4, 0.5) is 5.69 Å². The van der Waals surface area contributed by atoms with Gasteiger partial charge in [0, 0.05) is 11.7 Å². The number of para-hydroxylation sites is 1. The Balaban J connectivity index is 2.01. The average molecular weight is 259 g/mol. The van der Waals surface area contributed by atoms with Gasteiger partial charge in [-0.15, -0.1) is 0 Å². The smallest absolute Gasteiger partial charge is 0.0377 e. The highest BCUT2D eigenvalue weighted by Crippen LogP contribution is 2.30. The van der Waals surface area contributed by atoms with E-state index in [0.29, 0.717) is 12.0 Å². The van der Waals surface area contributed by atoms with Gasteiger partial charge in [-0.2, -0.15) is 0 Å². The minimum Gasteiger partial charge on any atom is -0.382 e. The van der Waals surface area contributed by atoms with Crippen LogP contribution in [0, 0.1) is 5.92 Å². The number of rotatable bonds is 4. The highest BCUT2D eigenvalue weighted by Gasteiger charge is 2.18. The first-order valence-electron chi connectivity index (χ1n) is 8.06. The molecule has 2 rings (SSSR count). The minimum absolute atomic E-state index is 0.595. The first-order valence-corrected chi connectivity index (χ1v) is 8.06. The van der Waals surface area contributed by atoms with Crippen LogP contribution in [0.15, 0.2) is 24.3 Å². The zero-order valence-corrected chi connectivity index (χ0v) is 12.8. The minimum atomic E-state index is 0.595. The van der Waals surface area contributed by atoms with Crippen LogP contribution >= 0.6 is 0 Å². The summed E-state index contributed by atoms with van der Waals surface area (Å²) in [4.78, 5) is 0. The molecule has 1 aliphatic carbocycles. The van der Waals surface area contributed by atoms with Crippen molar-refractivity contribution in [1.82, 2.24) is 0 Å². The zero-order valence-electron chi connectivity index (χ0n) is 12.8. The van der Waals surface area contributed by atoms with Crippen molar-refractivity contribution in [3.63, 3.8) is 0 Å². The third-order valence-electron chi connectivity index (χ3n) is 4.61. The van der Waals surface area contributed by atoms with Gasteiger partial charge in [-0.25, -0.2) is 0 Å². The molecule has 0 amide bonds. The van der Waals surface area contributed by atoms with E-state index in [2.05, 4.69) is 50.4 Å². The fourth-order valence-electron chi connectivity index (χ4n) is 3.28. The molecule has 1 aromatic carbocycles. The van der Waals surface area contributed by atoms with Crippen LogP contribution < -0.4 is 5.32 Å². The van der Waals surface area contributed by atoms with Crippen LogP contribution in [0.1, 0.15) is 70.8 Å². The second-order valence-electron chi connectivity index (χ2n) is 6.37. The third-order valence-corrected chi connectivity index (χ3v) is 4.61. The monoisotopic (exact) mass is 259 g/mol. The van der Waals surface area contributed by atoms with Gasteiger partial charge >= 0.3 is 0 Å². The maximum Gasteiger partial charge on any atom is 0.0377 e. The van der Waals surface area contributed by atoms with E-state index in [4.69, 9.17) is 0 Å². The van der Waals surface area contributed by atoms with E-state index in [-0.39, 0.29) is 0 Å². The molecule has 1 nitrogen and oxygen atoms in total. The van der Waals surface area contributed by atoms with Crippen molar-refractivity contribution in [2.75, 3.05) is 5.32 Å². The summed E-state index contributed by atoms with van der Waals surface area (Å²) in [6.07, 6.45) is 8.25. The molecule has 1 aliphatic rings. The van der Waals surface area contributed by atoms with Crippen molar-refractivity contribution in [3.05, 3.63) is 29.8 Å². The van der Waals surface area contributed by atoms with E-state index < -0.39 is 0 Å². The van der Waals surface area contributed by atoms with Crippen molar-refractivity contribution < 1.29 is 0 Å². The molecule has 0 spiro atoms. The molecular formula is C18H29N. The Hall–Kier alpha value is -0.980. The molecule has 106 valence electrons. The van der Waals surface area contributed by atoms with Crippen molar-refractivity contribution in [2.45, 2.75) is 71.3 Å². The van der Waals surface area contributed by atoms with Gasteiger partial charge in [0.15, 0.2) is 0 Å². The predicted octanol–water partition coefficient (Wildman–Crippen LogP) is 5.58.